The van der Waals surface area contributed by atoms with E-state index in [1.165, 1.54) is 6.92 Å². The van der Waals surface area contributed by atoms with E-state index in [0.29, 0.717) is 0 Å². The second-order valence-corrected chi connectivity index (χ2v) is 6.62. The third kappa shape index (κ3) is 6.30. The van der Waals surface area contributed by atoms with Crippen LogP contribution < -0.4 is 0 Å². The van der Waals surface area contributed by atoms with Gasteiger partial charge in [0.2, 0.25) is 0 Å². The molecule has 0 amide bonds. The summed E-state index contributed by atoms with van der Waals surface area (Å²) in [5.41, 5.74) is 0. The van der Waals surface area contributed by atoms with Gasteiger partial charge < -0.3 is 4.74 Å². The molecule has 0 rings (SSSR count). The van der Waals surface area contributed by atoms with E-state index >= 15 is 0 Å². The zero-order valence-corrected chi connectivity index (χ0v) is 15.4. The number of hydrogen-bond donors (Lipinski definition) is 0. The summed E-state index contributed by atoms with van der Waals surface area (Å²) < 4.78 is 5.58. The Balaban J connectivity index is 5.60. The van der Waals surface area contributed by atoms with Crippen molar-refractivity contribution in [1.29, 1.82) is 0 Å². The Kier molecular flexibility index (Phi) is 9.26. The first kappa shape index (κ1) is 20.8. The molecule has 128 valence electrons. The van der Waals surface area contributed by atoms with E-state index in [2.05, 4.69) is 0 Å². The van der Waals surface area contributed by atoms with E-state index in [1.807, 2.05) is 65.6 Å². The van der Waals surface area contributed by atoms with Crippen LogP contribution in [0.3, 0.4) is 0 Å². The summed E-state index contributed by atoms with van der Waals surface area (Å²) in [7, 11) is 1.93. The summed E-state index contributed by atoms with van der Waals surface area (Å²) in [4.78, 5) is 26.3. The highest BCUT2D eigenvalue weighted by Gasteiger charge is 2.38. The number of ether oxygens (including phenoxy) is 1. The zero-order valence-electron chi connectivity index (χ0n) is 15.4. The summed E-state index contributed by atoms with van der Waals surface area (Å²) >= 11 is 0. The van der Waals surface area contributed by atoms with E-state index in [9.17, 15) is 9.59 Å². The van der Waals surface area contributed by atoms with Gasteiger partial charge in [0.05, 0.1) is 0 Å². The summed E-state index contributed by atoms with van der Waals surface area (Å²) in [5.74, 6) is -0.238. The van der Waals surface area contributed by atoms with Crippen molar-refractivity contribution < 1.29 is 14.3 Å². The predicted molar refractivity (Wildman–Crippen MR) is 90.7 cm³/mol. The van der Waals surface area contributed by atoms with Crippen molar-refractivity contribution in [3.63, 3.8) is 0 Å². The Morgan fingerprint density at radius 3 is 2.05 bits per heavy atom. The third-order valence-electron chi connectivity index (χ3n) is 4.03. The van der Waals surface area contributed by atoms with Crippen LogP contribution in [0.2, 0.25) is 0 Å². The van der Waals surface area contributed by atoms with Gasteiger partial charge in [-0.15, -0.1) is 0 Å². The average Bonchev–Trinajstić information content (AvgIpc) is 2.42. The molecule has 3 atom stereocenters. The molecule has 0 aliphatic carbocycles. The highest BCUT2D eigenvalue weighted by atomic mass is 16.5. The Bertz CT molecular complexity index is 388. The Morgan fingerprint density at radius 1 is 1.14 bits per heavy atom. The number of likely N-dealkylation sites (N-methyl/N-ethyl adjacent to an activating group) is 1. The van der Waals surface area contributed by atoms with Crippen LogP contribution in [0.15, 0.2) is 12.2 Å². The fourth-order valence-electron chi connectivity index (χ4n) is 2.43. The van der Waals surface area contributed by atoms with Crippen molar-refractivity contribution in [3.05, 3.63) is 12.2 Å². The van der Waals surface area contributed by atoms with Crippen LogP contribution in [-0.4, -0.2) is 41.9 Å². The monoisotopic (exact) mass is 311 g/mol. The summed E-state index contributed by atoms with van der Waals surface area (Å²) in [6.07, 6.45) is 4.37. The first-order valence-electron chi connectivity index (χ1n) is 8.17. The number of carbonyl (C=O) groups is 2. The number of ketones is 1. The van der Waals surface area contributed by atoms with E-state index in [4.69, 9.17) is 4.74 Å². The Hall–Kier alpha value is -1.16. The lowest BCUT2D eigenvalue weighted by molar-refractivity contribution is -0.157. The SMILES string of the molecule is C/C=C/C[C@@H](C)[C@@H](OC(C)=O)[C@@H](C(=O)C(C)C)N(C)C(C)C. The van der Waals surface area contributed by atoms with E-state index in [0.717, 1.165) is 6.42 Å². The quantitative estimate of drug-likeness (QED) is 0.483. The molecule has 0 bridgehead atoms. The molecule has 0 N–H and O–H groups in total. The number of esters is 1. The minimum Gasteiger partial charge on any atom is -0.460 e. The lowest BCUT2D eigenvalue weighted by Crippen LogP contribution is -2.54. The lowest BCUT2D eigenvalue weighted by Gasteiger charge is -2.38. The number of carbonyl (C=O) groups excluding carboxylic acids is 2. The molecule has 0 saturated carbocycles. The number of Topliss-reactive ketones (excluding diaryl/α,β-unsaturated/α-hetero) is 1. The molecule has 0 aromatic carbocycles. The Labute approximate surface area is 135 Å². The highest BCUT2D eigenvalue weighted by Crippen LogP contribution is 2.24. The molecule has 0 aliphatic heterocycles. The normalized spacial score (nSPS) is 16.3. The molecule has 0 unspecified atom stereocenters. The van der Waals surface area contributed by atoms with Crippen LogP contribution in [0.5, 0.6) is 0 Å². The molecule has 0 heterocycles. The summed E-state index contributed by atoms with van der Waals surface area (Å²) in [5, 5.41) is 0. The minimum absolute atomic E-state index is 0.0778. The standard InChI is InChI=1S/C18H33NO3/c1-9-10-11-14(6)18(22-15(7)20)16(17(21)12(2)3)19(8)13(4)5/h9-10,12-14,16,18H,11H2,1-8H3/b10-9+/t14-,16-,18-/m1/s1. The predicted octanol–water partition coefficient (Wildman–Crippen LogP) is 3.45. The summed E-state index contributed by atoms with van der Waals surface area (Å²) in [6.45, 7) is 13.3. The molecular weight excluding hydrogens is 278 g/mol. The third-order valence-corrected chi connectivity index (χ3v) is 4.03. The van der Waals surface area contributed by atoms with Crippen molar-refractivity contribution in [2.45, 2.75) is 73.1 Å². The van der Waals surface area contributed by atoms with Crippen LogP contribution in [-0.2, 0) is 14.3 Å². The van der Waals surface area contributed by atoms with Crippen LogP contribution in [0.25, 0.3) is 0 Å². The number of hydrogen-bond acceptors (Lipinski definition) is 4. The van der Waals surface area contributed by atoms with Gasteiger partial charge in [0.15, 0.2) is 5.78 Å². The number of allylic oxidation sites excluding steroid dienone is 2. The smallest absolute Gasteiger partial charge is 0.302 e. The zero-order chi connectivity index (χ0) is 17.4. The van der Waals surface area contributed by atoms with Crippen molar-refractivity contribution in [2.24, 2.45) is 11.8 Å². The van der Waals surface area contributed by atoms with Crippen LogP contribution in [0.4, 0.5) is 0 Å². The van der Waals surface area contributed by atoms with Gasteiger partial charge in [-0.05, 0) is 40.2 Å². The molecule has 0 aromatic heterocycles. The van der Waals surface area contributed by atoms with Crippen molar-refractivity contribution in [2.75, 3.05) is 7.05 Å². The second-order valence-electron chi connectivity index (χ2n) is 6.62. The molecule has 0 aliphatic rings. The van der Waals surface area contributed by atoms with Gasteiger partial charge >= 0.3 is 5.97 Å². The van der Waals surface area contributed by atoms with Gasteiger partial charge in [0, 0.05) is 18.9 Å². The Morgan fingerprint density at radius 2 is 1.68 bits per heavy atom. The lowest BCUT2D eigenvalue weighted by atomic mass is 9.87. The molecule has 0 spiro atoms. The van der Waals surface area contributed by atoms with Crippen LogP contribution in [0.1, 0.15) is 54.9 Å². The van der Waals surface area contributed by atoms with Gasteiger partial charge in [-0.3, -0.25) is 14.5 Å². The van der Waals surface area contributed by atoms with E-state index < -0.39 is 12.1 Å². The molecule has 0 saturated heterocycles. The molecule has 4 nitrogen and oxygen atoms in total. The fourth-order valence-corrected chi connectivity index (χ4v) is 2.43. The molecule has 0 aromatic rings. The number of rotatable bonds is 9. The molecule has 4 heteroatoms. The first-order chi connectivity index (χ1) is 10.1. The second kappa shape index (κ2) is 9.78. The van der Waals surface area contributed by atoms with Gasteiger partial charge in [0.25, 0.3) is 0 Å². The summed E-state index contributed by atoms with van der Waals surface area (Å²) in [6, 6.07) is -0.219. The van der Waals surface area contributed by atoms with E-state index in [1.54, 1.807) is 0 Å². The van der Waals surface area contributed by atoms with Crippen LogP contribution >= 0.6 is 0 Å². The van der Waals surface area contributed by atoms with Crippen LogP contribution in [0, 0.1) is 11.8 Å². The maximum absolute atomic E-state index is 12.7. The van der Waals surface area contributed by atoms with Crippen molar-refractivity contribution >= 4 is 11.8 Å². The number of nitrogens with zero attached hydrogens (tertiary/aromatic N) is 1. The van der Waals surface area contributed by atoms with Gasteiger partial charge in [0.1, 0.15) is 12.1 Å². The topological polar surface area (TPSA) is 46.6 Å². The highest BCUT2D eigenvalue weighted by molar-refractivity contribution is 5.86. The van der Waals surface area contributed by atoms with E-state index in [-0.39, 0.29) is 29.6 Å². The molecule has 0 radical (unpaired) electrons. The van der Waals surface area contributed by atoms with Gasteiger partial charge in [-0.25, -0.2) is 0 Å². The first-order valence-corrected chi connectivity index (χ1v) is 8.17. The minimum atomic E-state index is -0.434. The maximum atomic E-state index is 12.7. The molecule has 0 fully saturated rings. The van der Waals surface area contributed by atoms with Crippen molar-refractivity contribution in [1.82, 2.24) is 4.90 Å². The van der Waals surface area contributed by atoms with Crippen molar-refractivity contribution in [3.8, 4) is 0 Å². The molecule has 22 heavy (non-hydrogen) atoms. The fraction of sp³-hybridized carbons (Fsp3) is 0.778. The van der Waals surface area contributed by atoms with Gasteiger partial charge in [-0.1, -0.05) is 32.9 Å². The van der Waals surface area contributed by atoms with Gasteiger partial charge in [-0.2, -0.15) is 0 Å². The average molecular weight is 311 g/mol. The maximum Gasteiger partial charge on any atom is 0.302 e. The largest absolute Gasteiger partial charge is 0.460 e. The molecular formula is C18H33NO3.